The Hall–Kier alpha value is -1.96. The summed E-state index contributed by atoms with van der Waals surface area (Å²) in [5, 5.41) is 8.98. The van der Waals surface area contributed by atoms with E-state index in [9.17, 15) is 4.79 Å². The van der Waals surface area contributed by atoms with Crippen LogP contribution < -0.4 is 0 Å². The number of rotatable bonds is 1. The Morgan fingerprint density at radius 1 is 1.50 bits per heavy atom. The molecule has 0 aromatic carbocycles. The van der Waals surface area contributed by atoms with Gasteiger partial charge in [0.1, 0.15) is 11.7 Å². The van der Waals surface area contributed by atoms with Gasteiger partial charge in [0, 0.05) is 18.9 Å². The maximum absolute atomic E-state index is 12.0. The van der Waals surface area contributed by atoms with Gasteiger partial charge in [-0.25, -0.2) is 4.98 Å². The van der Waals surface area contributed by atoms with Crippen LogP contribution in [0.15, 0.2) is 18.6 Å². The third-order valence-corrected chi connectivity index (χ3v) is 2.69. The van der Waals surface area contributed by atoms with Crippen molar-refractivity contribution in [2.24, 2.45) is 0 Å². The normalized spacial score (nSPS) is 20.2. The van der Waals surface area contributed by atoms with Crippen LogP contribution in [0.4, 0.5) is 0 Å². The Kier molecular flexibility index (Phi) is 3.10. The first-order valence-electron chi connectivity index (χ1n) is 5.29. The van der Waals surface area contributed by atoms with E-state index >= 15 is 0 Å². The predicted molar refractivity (Wildman–Crippen MR) is 56.3 cm³/mol. The molecular weight excluding hydrogens is 204 g/mol. The molecule has 1 aromatic heterocycles. The number of carbonyl (C=O) groups excluding carboxylic acids is 1. The summed E-state index contributed by atoms with van der Waals surface area (Å²) in [5.74, 6) is -0.195. The third kappa shape index (κ3) is 2.01. The molecule has 1 aromatic rings. The smallest absolute Gasteiger partial charge is 0.275 e. The van der Waals surface area contributed by atoms with Crippen molar-refractivity contribution in [3.8, 4) is 6.07 Å². The quantitative estimate of drug-likeness (QED) is 0.702. The van der Waals surface area contributed by atoms with Gasteiger partial charge in [-0.3, -0.25) is 9.78 Å². The number of nitriles is 1. The highest BCUT2D eigenvalue weighted by atomic mass is 16.2. The minimum atomic E-state index is -0.316. The zero-order valence-corrected chi connectivity index (χ0v) is 8.83. The molecule has 1 saturated heterocycles. The van der Waals surface area contributed by atoms with Crippen LogP contribution in [0.2, 0.25) is 0 Å². The van der Waals surface area contributed by atoms with E-state index in [1.54, 1.807) is 4.90 Å². The maximum Gasteiger partial charge on any atom is 0.275 e. The molecule has 5 nitrogen and oxygen atoms in total. The van der Waals surface area contributed by atoms with Crippen molar-refractivity contribution in [2.45, 2.75) is 25.3 Å². The summed E-state index contributed by atoms with van der Waals surface area (Å²) in [4.78, 5) is 21.5. The van der Waals surface area contributed by atoms with Crippen LogP contribution in [0.25, 0.3) is 0 Å². The van der Waals surface area contributed by atoms with E-state index in [-0.39, 0.29) is 11.9 Å². The number of hydrogen-bond donors (Lipinski definition) is 0. The van der Waals surface area contributed by atoms with Gasteiger partial charge in [0.25, 0.3) is 5.91 Å². The number of amides is 1. The number of carbonyl (C=O) groups is 1. The average Bonchev–Trinajstić information content (AvgIpc) is 2.39. The number of piperidine rings is 1. The minimum absolute atomic E-state index is 0.195. The van der Waals surface area contributed by atoms with Crippen molar-refractivity contribution in [3.05, 3.63) is 24.3 Å². The number of hydrogen-bond acceptors (Lipinski definition) is 4. The lowest BCUT2D eigenvalue weighted by Crippen LogP contribution is -2.43. The SMILES string of the molecule is N#CC1CCCCN1C(=O)c1cnccn1. The standard InChI is InChI=1S/C11H12N4O/c12-7-9-3-1-2-6-15(9)11(16)10-8-13-4-5-14-10/h4-5,8-9H,1-3,6H2. The van der Waals surface area contributed by atoms with E-state index in [1.165, 1.54) is 18.6 Å². The van der Waals surface area contributed by atoms with Crippen molar-refractivity contribution in [1.82, 2.24) is 14.9 Å². The first kappa shape index (κ1) is 10.6. The Balaban J connectivity index is 2.18. The highest BCUT2D eigenvalue weighted by Gasteiger charge is 2.27. The van der Waals surface area contributed by atoms with Gasteiger partial charge < -0.3 is 4.90 Å². The first-order valence-corrected chi connectivity index (χ1v) is 5.29. The van der Waals surface area contributed by atoms with Gasteiger partial charge in [0.2, 0.25) is 0 Å². The number of aromatic nitrogens is 2. The lowest BCUT2D eigenvalue weighted by atomic mass is 10.0. The fourth-order valence-corrected chi connectivity index (χ4v) is 1.87. The molecule has 16 heavy (non-hydrogen) atoms. The van der Waals surface area contributed by atoms with Gasteiger partial charge in [0.05, 0.1) is 12.3 Å². The molecule has 0 saturated carbocycles. The fraction of sp³-hybridized carbons (Fsp3) is 0.455. The molecule has 0 radical (unpaired) electrons. The highest BCUT2D eigenvalue weighted by molar-refractivity contribution is 5.92. The van der Waals surface area contributed by atoms with E-state index in [0.29, 0.717) is 12.2 Å². The van der Waals surface area contributed by atoms with Gasteiger partial charge in [-0.1, -0.05) is 0 Å². The second kappa shape index (κ2) is 4.71. The first-order chi connectivity index (χ1) is 7.83. The Morgan fingerprint density at radius 3 is 3.06 bits per heavy atom. The van der Waals surface area contributed by atoms with Crippen molar-refractivity contribution >= 4 is 5.91 Å². The maximum atomic E-state index is 12.0. The summed E-state index contributed by atoms with van der Waals surface area (Å²) >= 11 is 0. The molecular formula is C11H12N4O. The van der Waals surface area contributed by atoms with Gasteiger partial charge in [-0.15, -0.1) is 0 Å². The van der Waals surface area contributed by atoms with Gasteiger partial charge in [0.15, 0.2) is 0 Å². The molecule has 1 atom stereocenters. The number of nitrogens with zero attached hydrogens (tertiary/aromatic N) is 4. The Bertz CT molecular complexity index is 412. The molecule has 0 N–H and O–H groups in total. The Labute approximate surface area is 93.7 Å². The molecule has 1 aliphatic heterocycles. The van der Waals surface area contributed by atoms with Gasteiger partial charge >= 0.3 is 0 Å². The largest absolute Gasteiger partial charge is 0.321 e. The zero-order valence-electron chi connectivity index (χ0n) is 8.83. The zero-order chi connectivity index (χ0) is 11.4. The molecule has 0 aliphatic carbocycles. The molecule has 5 heteroatoms. The van der Waals surface area contributed by atoms with Gasteiger partial charge in [-0.2, -0.15) is 5.26 Å². The van der Waals surface area contributed by atoms with Crippen LogP contribution in [0, 0.1) is 11.3 Å². The monoisotopic (exact) mass is 216 g/mol. The van der Waals surface area contributed by atoms with Crippen LogP contribution >= 0.6 is 0 Å². The molecule has 1 aliphatic rings. The summed E-state index contributed by atoms with van der Waals surface area (Å²) in [7, 11) is 0. The minimum Gasteiger partial charge on any atom is -0.321 e. The molecule has 82 valence electrons. The van der Waals surface area contributed by atoms with Crippen molar-refractivity contribution in [2.75, 3.05) is 6.54 Å². The van der Waals surface area contributed by atoms with Crippen molar-refractivity contribution < 1.29 is 4.79 Å². The molecule has 2 rings (SSSR count). The molecule has 2 heterocycles. The van der Waals surface area contributed by atoms with Crippen molar-refractivity contribution in [1.29, 1.82) is 5.26 Å². The van der Waals surface area contributed by atoms with Crippen molar-refractivity contribution in [3.63, 3.8) is 0 Å². The summed E-state index contributed by atoms with van der Waals surface area (Å²) in [6.45, 7) is 0.633. The molecule has 1 amide bonds. The second-order valence-electron chi connectivity index (χ2n) is 3.73. The second-order valence-corrected chi connectivity index (χ2v) is 3.73. The fourth-order valence-electron chi connectivity index (χ4n) is 1.87. The molecule has 1 fully saturated rings. The third-order valence-electron chi connectivity index (χ3n) is 2.69. The van der Waals surface area contributed by atoms with E-state index < -0.39 is 0 Å². The lowest BCUT2D eigenvalue weighted by Gasteiger charge is -2.30. The summed E-state index contributed by atoms with van der Waals surface area (Å²) in [5.41, 5.74) is 0.310. The van der Waals surface area contributed by atoms with E-state index in [0.717, 1.165) is 19.3 Å². The van der Waals surface area contributed by atoms with E-state index in [2.05, 4.69) is 16.0 Å². The average molecular weight is 216 g/mol. The van der Waals surface area contributed by atoms with Crippen LogP contribution in [0.3, 0.4) is 0 Å². The van der Waals surface area contributed by atoms with Crippen LogP contribution in [0.5, 0.6) is 0 Å². The summed E-state index contributed by atoms with van der Waals surface area (Å²) in [6.07, 6.45) is 7.15. The molecule has 0 bridgehead atoms. The number of likely N-dealkylation sites (tertiary alicyclic amines) is 1. The predicted octanol–water partition coefficient (Wildman–Crippen LogP) is 0.995. The van der Waals surface area contributed by atoms with E-state index in [1.807, 2.05) is 0 Å². The Morgan fingerprint density at radius 2 is 2.38 bits per heavy atom. The topological polar surface area (TPSA) is 69.9 Å². The van der Waals surface area contributed by atoms with Crippen LogP contribution in [-0.4, -0.2) is 33.4 Å². The highest BCUT2D eigenvalue weighted by Crippen LogP contribution is 2.18. The van der Waals surface area contributed by atoms with Gasteiger partial charge in [-0.05, 0) is 19.3 Å². The molecule has 1 unspecified atom stereocenters. The van der Waals surface area contributed by atoms with E-state index in [4.69, 9.17) is 5.26 Å². The van der Waals surface area contributed by atoms with Crippen LogP contribution in [-0.2, 0) is 0 Å². The summed E-state index contributed by atoms with van der Waals surface area (Å²) in [6, 6.07) is 1.85. The molecule has 0 spiro atoms. The lowest BCUT2D eigenvalue weighted by molar-refractivity contribution is 0.0664. The summed E-state index contributed by atoms with van der Waals surface area (Å²) < 4.78 is 0. The van der Waals surface area contributed by atoms with Crippen LogP contribution in [0.1, 0.15) is 29.8 Å².